The van der Waals surface area contributed by atoms with Crippen molar-refractivity contribution in [2.75, 3.05) is 14.2 Å². The number of carbonyl (C=O) groups excluding carboxylic acids is 1. The first kappa shape index (κ1) is 13.9. The number of ether oxygens (including phenoxy) is 2. The molecule has 0 atom stereocenters. The molecule has 0 saturated carbocycles. The van der Waals surface area contributed by atoms with Gasteiger partial charge in [0.05, 0.1) is 17.7 Å². The number of hydrogen-bond acceptors (Lipinski definition) is 4. The lowest BCUT2D eigenvalue weighted by molar-refractivity contribution is -0.0993. The molecule has 0 aromatic carbocycles. The van der Waals surface area contributed by atoms with Crippen molar-refractivity contribution >= 4 is 5.78 Å². The van der Waals surface area contributed by atoms with Crippen LogP contribution in [0.2, 0.25) is 0 Å². The summed E-state index contributed by atoms with van der Waals surface area (Å²) < 4.78 is 11.9. The molecular weight excluding hydrogens is 220 g/mol. The van der Waals surface area contributed by atoms with Crippen LogP contribution in [0.25, 0.3) is 0 Å². The lowest BCUT2D eigenvalue weighted by Gasteiger charge is -2.12. The van der Waals surface area contributed by atoms with Gasteiger partial charge in [0.1, 0.15) is 0 Å². The van der Waals surface area contributed by atoms with Gasteiger partial charge in [0.25, 0.3) is 0 Å². The van der Waals surface area contributed by atoms with Crippen molar-refractivity contribution in [3.63, 3.8) is 0 Å². The summed E-state index contributed by atoms with van der Waals surface area (Å²) in [7, 11) is 3.05. The molecule has 0 amide bonds. The standard InChI is InChI=1S/C12H20N2O3/c1-6-14-9(3)12(8(2)13-14)10(15)7-11(16-4)17-5/h11H,6-7H2,1-5H3. The smallest absolute Gasteiger partial charge is 0.171 e. The van der Waals surface area contributed by atoms with Crippen molar-refractivity contribution in [2.24, 2.45) is 0 Å². The molecule has 0 saturated heterocycles. The number of carbonyl (C=O) groups is 1. The molecule has 1 rings (SSSR count). The molecule has 0 aliphatic rings. The van der Waals surface area contributed by atoms with Crippen molar-refractivity contribution in [1.29, 1.82) is 0 Å². The third-order valence-electron chi connectivity index (χ3n) is 2.84. The first-order valence-electron chi connectivity index (χ1n) is 5.67. The zero-order valence-corrected chi connectivity index (χ0v) is 11.1. The molecule has 1 heterocycles. The summed E-state index contributed by atoms with van der Waals surface area (Å²) in [4.78, 5) is 12.1. The van der Waals surface area contributed by atoms with Gasteiger partial charge >= 0.3 is 0 Å². The van der Waals surface area contributed by atoms with Crippen molar-refractivity contribution in [2.45, 2.75) is 40.0 Å². The first-order chi connectivity index (χ1) is 8.04. The summed E-state index contributed by atoms with van der Waals surface area (Å²) in [6, 6.07) is 0. The minimum Gasteiger partial charge on any atom is -0.355 e. The van der Waals surface area contributed by atoms with Gasteiger partial charge in [-0.3, -0.25) is 9.48 Å². The van der Waals surface area contributed by atoms with E-state index in [9.17, 15) is 4.79 Å². The summed E-state index contributed by atoms with van der Waals surface area (Å²) in [6.45, 7) is 6.52. The highest BCUT2D eigenvalue weighted by atomic mass is 16.7. The van der Waals surface area contributed by atoms with E-state index in [1.54, 1.807) is 0 Å². The van der Waals surface area contributed by atoms with E-state index in [1.165, 1.54) is 14.2 Å². The second-order valence-electron chi connectivity index (χ2n) is 3.89. The summed E-state index contributed by atoms with van der Waals surface area (Å²) in [5, 5.41) is 4.32. The van der Waals surface area contributed by atoms with Crippen LogP contribution in [0.4, 0.5) is 0 Å². The highest BCUT2D eigenvalue weighted by molar-refractivity contribution is 5.98. The first-order valence-corrected chi connectivity index (χ1v) is 5.67. The van der Waals surface area contributed by atoms with Crippen LogP contribution in [-0.2, 0) is 16.0 Å². The molecule has 0 bridgehead atoms. The van der Waals surface area contributed by atoms with E-state index in [-0.39, 0.29) is 12.2 Å². The fourth-order valence-corrected chi connectivity index (χ4v) is 1.92. The van der Waals surface area contributed by atoms with Crippen molar-refractivity contribution in [3.05, 3.63) is 17.0 Å². The Bertz CT molecular complexity index is 395. The van der Waals surface area contributed by atoms with Gasteiger partial charge in [0, 0.05) is 26.5 Å². The fraction of sp³-hybridized carbons (Fsp3) is 0.667. The summed E-state index contributed by atoms with van der Waals surface area (Å²) >= 11 is 0. The largest absolute Gasteiger partial charge is 0.355 e. The molecule has 1 aromatic heterocycles. The number of ketones is 1. The number of methoxy groups -OCH3 is 2. The topological polar surface area (TPSA) is 53.4 Å². The zero-order chi connectivity index (χ0) is 13.0. The molecule has 5 heteroatoms. The van der Waals surface area contributed by atoms with Gasteiger partial charge in [-0.1, -0.05) is 0 Å². The van der Waals surface area contributed by atoms with Crippen LogP contribution in [0.5, 0.6) is 0 Å². The third-order valence-corrected chi connectivity index (χ3v) is 2.84. The van der Waals surface area contributed by atoms with E-state index < -0.39 is 6.29 Å². The summed E-state index contributed by atoms with van der Waals surface area (Å²) in [5.74, 6) is 0.00778. The second kappa shape index (κ2) is 5.93. The minimum absolute atomic E-state index is 0.00778. The van der Waals surface area contributed by atoms with Crippen molar-refractivity contribution in [1.82, 2.24) is 9.78 Å². The summed E-state index contributed by atoms with van der Waals surface area (Å²) in [5.41, 5.74) is 2.35. The number of aryl methyl sites for hydroxylation is 2. The normalized spacial score (nSPS) is 11.2. The number of Topliss-reactive ketones (excluding diaryl/α,β-unsaturated/α-hetero) is 1. The minimum atomic E-state index is -0.494. The van der Waals surface area contributed by atoms with Crippen LogP contribution in [0.3, 0.4) is 0 Å². The van der Waals surface area contributed by atoms with Crippen LogP contribution in [-0.4, -0.2) is 36.1 Å². The Morgan fingerprint density at radius 1 is 1.35 bits per heavy atom. The zero-order valence-electron chi connectivity index (χ0n) is 11.1. The van der Waals surface area contributed by atoms with Gasteiger partial charge in [-0.2, -0.15) is 5.10 Å². The average Bonchev–Trinajstić information content (AvgIpc) is 2.60. The molecular formula is C12H20N2O3. The van der Waals surface area contributed by atoms with Gasteiger partial charge < -0.3 is 9.47 Å². The molecule has 0 unspecified atom stereocenters. The predicted molar refractivity (Wildman–Crippen MR) is 64.1 cm³/mol. The second-order valence-corrected chi connectivity index (χ2v) is 3.89. The number of nitrogens with zero attached hydrogens (tertiary/aromatic N) is 2. The number of rotatable bonds is 6. The lowest BCUT2D eigenvalue weighted by atomic mass is 10.1. The Labute approximate surface area is 102 Å². The van der Waals surface area contributed by atoms with Gasteiger partial charge in [-0.05, 0) is 20.8 Å². The Morgan fingerprint density at radius 2 is 1.94 bits per heavy atom. The molecule has 0 aliphatic heterocycles. The van der Waals surface area contributed by atoms with E-state index >= 15 is 0 Å². The van der Waals surface area contributed by atoms with E-state index in [0.717, 1.165) is 17.9 Å². The molecule has 1 aromatic rings. The Balaban J connectivity index is 2.92. The van der Waals surface area contributed by atoms with Gasteiger partial charge in [0.2, 0.25) is 0 Å². The monoisotopic (exact) mass is 240 g/mol. The number of hydrogen-bond donors (Lipinski definition) is 0. The molecule has 5 nitrogen and oxygen atoms in total. The highest BCUT2D eigenvalue weighted by Gasteiger charge is 2.21. The van der Waals surface area contributed by atoms with Crippen LogP contribution < -0.4 is 0 Å². The average molecular weight is 240 g/mol. The molecule has 0 radical (unpaired) electrons. The molecule has 0 N–H and O–H groups in total. The van der Waals surface area contributed by atoms with Crippen LogP contribution in [0, 0.1) is 13.8 Å². The summed E-state index contributed by atoms with van der Waals surface area (Å²) in [6.07, 6.45) is -0.282. The fourth-order valence-electron chi connectivity index (χ4n) is 1.92. The third kappa shape index (κ3) is 2.92. The lowest BCUT2D eigenvalue weighted by Crippen LogP contribution is -2.19. The molecule has 0 aliphatic carbocycles. The van der Waals surface area contributed by atoms with Crippen LogP contribution >= 0.6 is 0 Å². The van der Waals surface area contributed by atoms with Crippen molar-refractivity contribution in [3.8, 4) is 0 Å². The highest BCUT2D eigenvalue weighted by Crippen LogP contribution is 2.16. The molecule has 96 valence electrons. The predicted octanol–water partition coefficient (Wildman–Crippen LogP) is 1.71. The van der Waals surface area contributed by atoms with Gasteiger partial charge in [0.15, 0.2) is 12.1 Å². The van der Waals surface area contributed by atoms with E-state index in [1.807, 2.05) is 25.5 Å². The SMILES string of the molecule is CCn1nc(C)c(C(=O)CC(OC)OC)c1C. The molecule has 0 spiro atoms. The maximum absolute atomic E-state index is 12.1. The maximum atomic E-state index is 12.1. The van der Waals surface area contributed by atoms with E-state index in [0.29, 0.717) is 5.56 Å². The maximum Gasteiger partial charge on any atom is 0.171 e. The quantitative estimate of drug-likeness (QED) is 0.561. The van der Waals surface area contributed by atoms with Crippen molar-refractivity contribution < 1.29 is 14.3 Å². The Morgan fingerprint density at radius 3 is 2.35 bits per heavy atom. The van der Waals surface area contributed by atoms with E-state index in [4.69, 9.17) is 9.47 Å². The van der Waals surface area contributed by atoms with E-state index in [2.05, 4.69) is 5.10 Å². The van der Waals surface area contributed by atoms with Crippen LogP contribution in [0.1, 0.15) is 35.1 Å². The molecule has 0 fully saturated rings. The van der Waals surface area contributed by atoms with Gasteiger partial charge in [-0.25, -0.2) is 0 Å². The Kier molecular flexibility index (Phi) is 4.84. The Hall–Kier alpha value is -1.20. The number of aromatic nitrogens is 2. The van der Waals surface area contributed by atoms with Crippen LogP contribution in [0.15, 0.2) is 0 Å². The molecule has 17 heavy (non-hydrogen) atoms. The van der Waals surface area contributed by atoms with Gasteiger partial charge in [-0.15, -0.1) is 0 Å².